The van der Waals surface area contributed by atoms with E-state index in [9.17, 15) is 4.79 Å². The van der Waals surface area contributed by atoms with Crippen molar-refractivity contribution >= 4 is 23.2 Å². The van der Waals surface area contributed by atoms with E-state index in [4.69, 9.17) is 30.5 Å². The second kappa shape index (κ2) is 9.07. The van der Waals surface area contributed by atoms with Gasteiger partial charge in [-0.15, -0.1) is 0 Å². The fraction of sp³-hybridized carbons (Fsp3) is 0.458. The van der Waals surface area contributed by atoms with Gasteiger partial charge in [-0.25, -0.2) is 0 Å². The maximum absolute atomic E-state index is 13.5. The van der Waals surface area contributed by atoms with E-state index in [1.54, 1.807) is 18.1 Å². The van der Waals surface area contributed by atoms with Crippen molar-refractivity contribution in [3.8, 4) is 11.5 Å². The first-order chi connectivity index (χ1) is 15.0. The van der Waals surface area contributed by atoms with Gasteiger partial charge < -0.3 is 23.8 Å². The van der Waals surface area contributed by atoms with E-state index in [1.807, 2.05) is 30.3 Å². The van der Waals surface area contributed by atoms with Crippen molar-refractivity contribution < 1.29 is 23.7 Å². The van der Waals surface area contributed by atoms with Crippen molar-refractivity contribution in [2.45, 2.75) is 39.0 Å². The van der Waals surface area contributed by atoms with Crippen LogP contribution in [0.15, 0.2) is 36.4 Å². The Morgan fingerprint density at radius 3 is 2.65 bits per heavy atom. The molecule has 0 aliphatic carbocycles. The summed E-state index contributed by atoms with van der Waals surface area (Å²) in [7, 11) is 1.61. The van der Waals surface area contributed by atoms with Gasteiger partial charge in [0, 0.05) is 5.56 Å². The Kier molecular flexibility index (Phi) is 6.42. The van der Waals surface area contributed by atoms with Crippen molar-refractivity contribution in [3.63, 3.8) is 0 Å². The summed E-state index contributed by atoms with van der Waals surface area (Å²) < 4.78 is 23.2. The Morgan fingerprint density at radius 1 is 1.16 bits per heavy atom. The minimum absolute atomic E-state index is 0.258. The molecule has 0 aromatic heterocycles. The van der Waals surface area contributed by atoms with E-state index in [0.717, 1.165) is 18.4 Å². The first-order valence-electron chi connectivity index (χ1n) is 10.6. The topological polar surface area (TPSA) is 57.2 Å². The van der Waals surface area contributed by atoms with Crippen molar-refractivity contribution in [1.82, 2.24) is 0 Å². The molecule has 1 saturated heterocycles. The molecule has 0 atom stereocenters. The molecule has 0 unspecified atom stereocenters. The Bertz CT molecular complexity index is 955. The standard InChI is InChI=1S/C24H28ClNO5/c1-16(2)10-13-29-20-9-8-17(14-21(20)28-3)15-26-22-18(6-4-7-19(22)25)24(23(26)27)30-11-5-12-31-24/h4,6-9,14,16H,5,10-13,15H2,1-3H3. The lowest BCUT2D eigenvalue weighted by atomic mass is 10.1. The maximum Gasteiger partial charge on any atom is 0.292 e. The normalized spacial score (nSPS) is 17.3. The summed E-state index contributed by atoms with van der Waals surface area (Å²) in [4.78, 5) is 15.1. The smallest absolute Gasteiger partial charge is 0.292 e. The number of methoxy groups -OCH3 is 1. The molecule has 2 aliphatic heterocycles. The summed E-state index contributed by atoms with van der Waals surface area (Å²) in [5, 5.41) is 0.487. The number of anilines is 1. The Morgan fingerprint density at radius 2 is 1.94 bits per heavy atom. The van der Waals surface area contributed by atoms with Crippen LogP contribution in [0.5, 0.6) is 11.5 Å². The molecule has 0 radical (unpaired) electrons. The highest BCUT2D eigenvalue weighted by Gasteiger charge is 2.55. The molecule has 7 heteroatoms. The molecular weight excluding hydrogens is 418 g/mol. The van der Waals surface area contributed by atoms with E-state index in [0.29, 0.717) is 60.1 Å². The molecule has 2 aliphatic rings. The molecule has 2 aromatic carbocycles. The molecule has 4 rings (SSSR count). The SMILES string of the molecule is COc1cc(CN2C(=O)C3(OCCCO3)c3cccc(Cl)c32)ccc1OCCC(C)C. The predicted octanol–water partition coefficient (Wildman–Crippen LogP) is 4.91. The third-order valence-corrected chi connectivity index (χ3v) is 5.86. The van der Waals surface area contributed by atoms with E-state index >= 15 is 0 Å². The van der Waals surface area contributed by atoms with Crippen LogP contribution in [0.25, 0.3) is 0 Å². The molecule has 1 amide bonds. The zero-order valence-corrected chi connectivity index (χ0v) is 18.9. The third-order valence-electron chi connectivity index (χ3n) is 5.56. The molecule has 0 bridgehead atoms. The second-order valence-electron chi connectivity index (χ2n) is 8.21. The highest BCUT2D eigenvalue weighted by Crippen LogP contribution is 2.48. The number of amides is 1. The van der Waals surface area contributed by atoms with Crippen molar-refractivity contribution in [2.24, 2.45) is 5.92 Å². The van der Waals surface area contributed by atoms with Gasteiger partial charge in [0.05, 0.1) is 44.2 Å². The Labute approximate surface area is 188 Å². The molecule has 31 heavy (non-hydrogen) atoms. The maximum atomic E-state index is 13.5. The summed E-state index contributed by atoms with van der Waals surface area (Å²) in [6.45, 7) is 6.17. The molecule has 6 nitrogen and oxygen atoms in total. The van der Waals surface area contributed by atoms with Gasteiger partial charge in [-0.05, 0) is 42.5 Å². The molecule has 2 heterocycles. The monoisotopic (exact) mass is 445 g/mol. The lowest BCUT2D eigenvalue weighted by molar-refractivity contribution is -0.256. The van der Waals surface area contributed by atoms with Crippen molar-refractivity contribution in [2.75, 3.05) is 31.8 Å². The molecule has 0 saturated carbocycles. The van der Waals surface area contributed by atoms with Crippen LogP contribution in [0.3, 0.4) is 0 Å². The second-order valence-corrected chi connectivity index (χ2v) is 8.62. The number of ether oxygens (including phenoxy) is 4. The number of halogens is 1. The van der Waals surface area contributed by atoms with Crippen LogP contribution in [-0.2, 0) is 26.6 Å². The van der Waals surface area contributed by atoms with Gasteiger partial charge >= 0.3 is 0 Å². The first-order valence-corrected chi connectivity index (χ1v) is 11.0. The number of hydrogen-bond donors (Lipinski definition) is 0. The van der Waals surface area contributed by atoms with E-state index < -0.39 is 5.79 Å². The number of nitrogens with zero attached hydrogens (tertiary/aromatic N) is 1. The molecular formula is C24H28ClNO5. The number of carbonyl (C=O) groups excluding carboxylic acids is 1. The van der Waals surface area contributed by atoms with Gasteiger partial charge in [0.1, 0.15) is 0 Å². The number of fused-ring (bicyclic) bond motifs is 2. The van der Waals surface area contributed by atoms with Gasteiger partial charge in [-0.1, -0.05) is 43.6 Å². The zero-order valence-electron chi connectivity index (χ0n) is 18.2. The van der Waals surface area contributed by atoms with Crippen LogP contribution in [0.1, 0.15) is 37.8 Å². The molecule has 166 valence electrons. The number of para-hydroxylation sites is 1. The number of rotatable bonds is 7. The number of carbonyl (C=O) groups is 1. The Hall–Kier alpha value is -2.28. The summed E-state index contributed by atoms with van der Waals surface area (Å²) in [5.41, 5.74) is 2.18. The number of benzene rings is 2. The fourth-order valence-corrected chi connectivity index (χ4v) is 4.21. The van der Waals surface area contributed by atoms with Crippen molar-refractivity contribution in [3.05, 3.63) is 52.5 Å². The van der Waals surface area contributed by atoms with Gasteiger partial charge in [0.15, 0.2) is 11.5 Å². The summed E-state index contributed by atoms with van der Waals surface area (Å²) in [5.74, 6) is 0.211. The fourth-order valence-electron chi connectivity index (χ4n) is 3.93. The largest absolute Gasteiger partial charge is 0.493 e. The molecule has 2 aromatic rings. The quantitative estimate of drug-likeness (QED) is 0.606. The summed E-state index contributed by atoms with van der Waals surface area (Å²) in [6, 6.07) is 11.1. The van der Waals surface area contributed by atoms with Crippen LogP contribution in [-0.4, -0.2) is 32.8 Å². The molecule has 1 fully saturated rings. The first kappa shape index (κ1) is 21.9. The van der Waals surface area contributed by atoms with Crippen LogP contribution in [0.4, 0.5) is 5.69 Å². The highest BCUT2D eigenvalue weighted by atomic mass is 35.5. The average molecular weight is 446 g/mol. The van der Waals surface area contributed by atoms with Gasteiger partial charge in [-0.3, -0.25) is 4.79 Å². The van der Waals surface area contributed by atoms with Gasteiger partial charge in [0.25, 0.3) is 11.7 Å². The summed E-state index contributed by atoms with van der Waals surface area (Å²) in [6.07, 6.45) is 1.71. The lowest BCUT2D eigenvalue weighted by Gasteiger charge is -2.32. The number of hydrogen-bond acceptors (Lipinski definition) is 5. The zero-order chi connectivity index (χ0) is 22.0. The third kappa shape index (κ3) is 4.12. The predicted molar refractivity (Wildman–Crippen MR) is 119 cm³/mol. The molecule has 0 N–H and O–H groups in total. The minimum atomic E-state index is -1.41. The van der Waals surface area contributed by atoms with Crippen LogP contribution in [0.2, 0.25) is 5.02 Å². The van der Waals surface area contributed by atoms with E-state index in [2.05, 4.69) is 13.8 Å². The van der Waals surface area contributed by atoms with E-state index in [1.165, 1.54) is 0 Å². The van der Waals surface area contributed by atoms with Crippen LogP contribution >= 0.6 is 11.6 Å². The highest BCUT2D eigenvalue weighted by molar-refractivity contribution is 6.35. The Balaban J connectivity index is 1.61. The van der Waals surface area contributed by atoms with Crippen LogP contribution in [0, 0.1) is 5.92 Å². The van der Waals surface area contributed by atoms with Crippen LogP contribution < -0.4 is 14.4 Å². The lowest BCUT2D eigenvalue weighted by Crippen LogP contribution is -2.47. The van der Waals surface area contributed by atoms with Gasteiger partial charge in [0.2, 0.25) is 0 Å². The van der Waals surface area contributed by atoms with Crippen molar-refractivity contribution in [1.29, 1.82) is 0 Å². The summed E-state index contributed by atoms with van der Waals surface area (Å²) >= 11 is 6.52. The average Bonchev–Trinajstić information content (AvgIpc) is 2.98. The molecule has 1 spiro atoms. The van der Waals surface area contributed by atoms with Gasteiger partial charge in [-0.2, -0.15) is 0 Å². The van der Waals surface area contributed by atoms with E-state index in [-0.39, 0.29) is 5.91 Å². The minimum Gasteiger partial charge on any atom is -0.493 e.